The highest BCUT2D eigenvalue weighted by Crippen LogP contribution is 2.27. The number of carbonyl (C=O) groups is 1. The van der Waals surface area contributed by atoms with Gasteiger partial charge in [-0.1, -0.05) is 86.1 Å². The van der Waals surface area contributed by atoms with Gasteiger partial charge in [-0.3, -0.25) is 4.79 Å². The molecule has 0 unspecified atom stereocenters. The smallest absolute Gasteiger partial charge is 0.168 e. The van der Waals surface area contributed by atoms with E-state index in [0.717, 1.165) is 29.5 Å². The minimum Gasteiger partial charge on any atom is -0.491 e. The van der Waals surface area contributed by atoms with Crippen molar-refractivity contribution in [2.24, 2.45) is 0 Å². The van der Waals surface area contributed by atoms with Crippen molar-refractivity contribution in [1.82, 2.24) is 0 Å². The Morgan fingerprint density at radius 3 is 1.69 bits per heavy atom. The molecule has 0 aromatic heterocycles. The second-order valence-electron chi connectivity index (χ2n) is 8.80. The van der Waals surface area contributed by atoms with Gasteiger partial charge in [0, 0.05) is 12.0 Å². The van der Waals surface area contributed by atoms with Gasteiger partial charge in [0.2, 0.25) is 0 Å². The van der Waals surface area contributed by atoms with Gasteiger partial charge in [-0.2, -0.15) is 0 Å². The lowest BCUT2D eigenvalue weighted by Crippen LogP contribution is -2.08. The summed E-state index contributed by atoms with van der Waals surface area (Å²) in [6, 6.07) is 28.5. The highest BCUT2D eigenvalue weighted by molar-refractivity contribution is 5.99. The van der Waals surface area contributed by atoms with Gasteiger partial charge in [0.25, 0.3) is 0 Å². The number of halogens is 1. The van der Waals surface area contributed by atoms with Gasteiger partial charge in [-0.05, 0) is 71.3 Å². The second-order valence-corrected chi connectivity index (χ2v) is 8.80. The second kappa shape index (κ2) is 11.1. The summed E-state index contributed by atoms with van der Waals surface area (Å²) in [6.07, 6.45) is 2.49. The first-order chi connectivity index (χ1) is 17.0. The number of carbonyl (C=O) groups excluding carboxylic acids is 1. The molecular weight excluding hydrogens is 435 g/mol. The fraction of sp³-hybridized carbons (Fsp3) is 0.219. The third-order valence-corrected chi connectivity index (χ3v) is 6.31. The van der Waals surface area contributed by atoms with Crippen molar-refractivity contribution < 1.29 is 13.9 Å². The normalized spacial score (nSPS) is 10.9. The third kappa shape index (κ3) is 5.68. The molecule has 178 valence electrons. The van der Waals surface area contributed by atoms with Gasteiger partial charge in [-0.25, -0.2) is 4.39 Å². The van der Waals surface area contributed by atoms with E-state index in [1.165, 1.54) is 22.8 Å². The van der Waals surface area contributed by atoms with Crippen molar-refractivity contribution in [2.45, 2.75) is 40.0 Å². The highest BCUT2D eigenvalue weighted by Gasteiger charge is 2.16. The first-order valence-electron chi connectivity index (χ1n) is 12.2. The zero-order chi connectivity index (χ0) is 24.8. The van der Waals surface area contributed by atoms with Crippen LogP contribution in [0.1, 0.15) is 47.3 Å². The molecule has 2 nitrogen and oxygen atoms in total. The lowest BCUT2D eigenvalue weighted by molar-refractivity contribution is 0.0992. The van der Waals surface area contributed by atoms with Crippen LogP contribution < -0.4 is 4.74 Å². The standard InChI is InChI=1S/C32H31FO2/c1-4-6-23-7-11-25(12-8-23)27-15-17-28(18-16-27)26-13-9-24(10-14-26)21-30(34)29-19-20-31(35-5-2)32(33)22(29)3/h7-20H,4-6,21H2,1-3H3. The van der Waals surface area contributed by atoms with E-state index < -0.39 is 5.82 Å². The van der Waals surface area contributed by atoms with Crippen LogP contribution in [0.2, 0.25) is 0 Å². The van der Waals surface area contributed by atoms with Crippen LogP contribution in [-0.4, -0.2) is 12.4 Å². The molecule has 0 bridgehead atoms. The molecule has 4 aromatic rings. The summed E-state index contributed by atoms with van der Waals surface area (Å²) in [5.41, 5.74) is 7.62. The van der Waals surface area contributed by atoms with E-state index in [-0.39, 0.29) is 18.0 Å². The molecule has 0 aliphatic heterocycles. The van der Waals surface area contributed by atoms with E-state index in [4.69, 9.17) is 4.74 Å². The Labute approximate surface area is 207 Å². The number of benzene rings is 4. The van der Waals surface area contributed by atoms with Crippen molar-refractivity contribution in [2.75, 3.05) is 6.61 Å². The number of ketones is 1. The molecule has 0 radical (unpaired) electrons. The van der Waals surface area contributed by atoms with Crippen LogP contribution in [-0.2, 0) is 12.8 Å². The average Bonchev–Trinajstić information content (AvgIpc) is 2.88. The quantitative estimate of drug-likeness (QED) is 0.232. The third-order valence-electron chi connectivity index (χ3n) is 6.31. The van der Waals surface area contributed by atoms with Crippen LogP contribution in [0.3, 0.4) is 0 Å². The van der Waals surface area contributed by atoms with Gasteiger partial charge < -0.3 is 4.74 Å². The number of ether oxygens (including phenoxy) is 1. The maximum Gasteiger partial charge on any atom is 0.168 e. The van der Waals surface area contributed by atoms with Gasteiger partial charge in [0.05, 0.1) is 6.61 Å². The summed E-state index contributed by atoms with van der Waals surface area (Å²) < 4.78 is 19.8. The number of aryl methyl sites for hydroxylation is 1. The Bertz CT molecular complexity index is 1290. The predicted molar refractivity (Wildman–Crippen MR) is 142 cm³/mol. The molecule has 0 aliphatic carbocycles. The summed E-state index contributed by atoms with van der Waals surface area (Å²) in [6.45, 7) is 6.00. The number of Topliss-reactive ketones (excluding diaryl/α,β-unsaturated/α-hetero) is 1. The van der Waals surface area contributed by atoms with Gasteiger partial charge in [0.15, 0.2) is 17.3 Å². The molecular formula is C32H31FO2. The van der Waals surface area contributed by atoms with Crippen LogP contribution in [0.15, 0.2) is 84.9 Å². The number of hydrogen-bond acceptors (Lipinski definition) is 2. The molecule has 0 heterocycles. The molecule has 0 spiro atoms. The first-order valence-corrected chi connectivity index (χ1v) is 12.2. The van der Waals surface area contributed by atoms with Crippen molar-refractivity contribution in [1.29, 1.82) is 0 Å². The Morgan fingerprint density at radius 2 is 1.20 bits per heavy atom. The molecule has 4 aromatic carbocycles. The van der Waals surface area contributed by atoms with Gasteiger partial charge in [-0.15, -0.1) is 0 Å². The van der Waals surface area contributed by atoms with E-state index in [1.54, 1.807) is 19.9 Å². The number of hydrogen-bond donors (Lipinski definition) is 0. The molecule has 3 heteroatoms. The summed E-state index contributed by atoms with van der Waals surface area (Å²) in [7, 11) is 0. The zero-order valence-electron chi connectivity index (χ0n) is 20.6. The molecule has 4 rings (SSSR count). The monoisotopic (exact) mass is 466 g/mol. The Morgan fingerprint density at radius 1 is 0.714 bits per heavy atom. The fourth-order valence-corrected chi connectivity index (χ4v) is 4.33. The van der Waals surface area contributed by atoms with E-state index >= 15 is 0 Å². The first kappa shape index (κ1) is 24.4. The van der Waals surface area contributed by atoms with Crippen LogP contribution in [0.5, 0.6) is 5.75 Å². The predicted octanol–water partition coefficient (Wildman–Crippen LogP) is 8.24. The summed E-state index contributed by atoms with van der Waals surface area (Å²) >= 11 is 0. The molecule has 35 heavy (non-hydrogen) atoms. The molecule has 0 fully saturated rings. The Kier molecular flexibility index (Phi) is 7.77. The van der Waals surface area contributed by atoms with Crippen LogP contribution in [0.25, 0.3) is 22.3 Å². The van der Waals surface area contributed by atoms with Crippen LogP contribution >= 0.6 is 0 Å². The molecule has 0 saturated heterocycles. The van der Waals surface area contributed by atoms with Crippen molar-refractivity contribution >= 4 is 5.78 Å². The summed E-state index contributed by atoms with van der Waals surface area (Å²) in [5, 5.41) is 0. The fourth-order valence-electron chi connectivity index (χ4n) is 4.33. The minimum absolute atomic E-state index is 0.105. The molecule has 0 amide bonds. The lowest BCUT2D eigenvalue weighted by atomic mass is 9.96. The molecule has 0 N–H and O–H groups in total. The van der Waals surface area contributed by atoms with Crippen molar-refractivity contribution in [3.63, 3.8) is 0 Å². The van der Waals surface area contributed by atoms with Crippen LogP contribution in [0, 0.1) is 12.7 Å². The average molecular weight is 467 g/mol. The Hall–Kier alpha value is -3.72. The van der Waals surface area contributed by atoms with Crippen molar-refractivity contribution in [3.8, 4) is 28.0 Å². The van der Waals surface area contributed by atoms with Gasteiger partial charge >= 0.3 is 0 Å². The highest BCUT2D eigenvalue weighted by atomic mass is 19.1. The van der Waals surface area contributed by atoms with E-state index in [9.17, 15) is 9.18 Å². The minimum atomic E-state index is -0.464. The molecule has 0 aliphatic rings. The Balaban J connectivity index is 1.44. The zero-order valence-corrected chi connectivity index (χ0v) is 20.6. The van der Waals surface area contributed by atoms with E-state index in [0.29, 0.717) is 17.7 Å². The molecule has 0 saturated carbocycles. The SMILES string of the molecule is CCCc1ccc(-c2ccc(-c3ccc(CC(=O)c4ccc(OCC)c(F)c4C)cc3)cc2)cc1. The van der Waals surface area contributed by atoms with Crippen LogP contribution in [0.4, 0.5) is 4.39 Å². The van der Waals surface area contributed by atoms with E-state index in [1.807, 2.05) is 24.3 Å². The topological polar surface area (TPSA) is 26.3 Å². The maximum absolute atomic E-state index is 14.5. The van der Waals surface area contributed by atoms with Gasteiger partial charge in [0.1, 0.15) is 0 Å². The number of rotatable bonds is 9. The summed E-state index contributed by atoms with van der Waals surface area (Å²) in [4.78, 5) is 12.8. The largest absolute Gasteiger partial charge is 0.491 e. The molecule has 0 atom stereocenters. The van der Waals surface area contributed by atoms with Crippen molar-refractivity contribution in [3.05, 3.63) is 113 Å². The lowest BCUT2D eigenvalue weighted by Gasteiger charge is -2.11. The maximum atomic E-state index is 14.5. The van der Waals surface area contributed by atoms with E-state index in [2.05, 4.69) is 55.5 Å². The summed E-state index contributed by atoms with van der Waals surface area (Å²) in [5.74, 6) is -0.384.